The molecule has 5 unspecified atom stereocenters. The smallest absolute Gasteiger partial charge is 0.315 e. The lowest BCUT2D eigenvalue weighted by molar-refractivity contribution is -0.146. The molecule has 6 rings (SSSR count). The molecule has 1 saturated heterocycles. The zero-order valence-electron chi connectivity index (χ0n) is 33.7. The summed E-state index contributed by atoms with van der Waals surface area (Å²) in [6, 6.07) is -3.31. The van der Waals surface area contributed by atoms with E-state index in [1.54, 1.807) is 11.9 Å². The highest BCUT2D eigenvalue weighted by Crippen LogP contribution is 2.65. The highest BCUT2D eigenvalue weighted by molar-refractivity contribution is 7.89. The molecule has 14 heteroatoms. The van der Waals surface area contributed by atoms with Gasteiger partial charge in [-0.3, -0.25) is 19.2 Å². The number of hydrogen-bond acceptors (Lipinski definition) is 7. The van der Waals surface area contributed by atoms with Crippen molar-refractivity contribution in [2.75, 3.05) is 19.3 Å². The van der Waals surface area contributed by atoms with Gasteiger partial charge in [0, 0.05) is 25.2 Å². The van der Waals surface area contributed by atoms with Crippen LogP contribution in [0.1, 0.15) is 138 Å². The number of urea groups is 1. The summed E-state index contributed by atoms with van der Waals surface area (Å²) in [5.41, 5.74) is -2.39. The molecule has 6 fully saturated rings. The highest BCUT2D eigenvalue weighted by Gasteiger charge is 2.70. The summed E-state index contributed by atoms with van der Waals surface area (Å²) in [6.45, 7) is 12.1. The molecule has 0 aromatic carbocycles. The molecule has 6 aliphatic rings. The third-order valence-corrected chi connectivity index (χ3v) is 16.3. The van der Waals surface area contributed by atoms with E-state index in [-0.39, 0.29) is 40.9 Å². The van der Waals surface area contributed by atoms with Gasteiger partial charge in [0.1, 0.15) is 12.1 Å². The molecule has 5 amide bonds. The van der Waals surface area contributed by atoms with Gasteiger partial charge in [0.15, 0.2) is 0 Å². The fourth-order valence-electron chi connectivity index (χ4n) is 9.78. The van der Waals surface area contributed by atoms with Gasteiger partial charge in [-0.2, -0.15) is 4.31 Å². The van der Waals surface area contributed by atoms with Gasteiger partial charge in [-0.15, -0.1) is 0 Å². The van der Waals surface area contributed by atoms with Crippen molar-refractivity contribution in [3.8, 4) is 0 Å². The molecule has 1 aliphatic heterocycles. The van der Waals surface area contributed by atoms with E-state index in [1.807, 2.05) is 27.7 Å². The first-order valence-electron chi connectivity index (χ1n) is 20.7. The number of hydrogen-bond donors (Lipinski definition) is 4. The van der Waals surface area contributed by atoms with E-state index >= 15 is 0 Å². The fraction of sp³-hybridized carbons (Fsp3) is 0.875. The average molecular weight is 775 g/mol. The van der Waals surface area contributed by atoms with Crippen molar-refractivity contribution in [2.45, 2.75) is 173 Å². The quantitative estimate of drug-likeness (QED) is 0.193. The number of carbonyl (C=O) groups is 5. The average Bonchev–Trinajstić information content (AvgIpc) is 4.05. The molecule has 0 bridgehead atoms. The summed E-state index contributed by atoms with van der Waals surface area (Å²) in [4.78, 5) is 71.4. The largest absolute Gasteiger partial charge is 0.347 e. The second-order valence-electron chi connectivity index (χ2n) is 19.7. The normalized spacial score (nSPS) is 28.3. The predicted octanol–water partition coefficient (Wildman–Crippen LogP) is 4.00. The molecular formula is C40H66N6O7S. The maximum absolute atomic E-state index is 15.0. The number of nitrogens with zero attached hydrogens (tertiary/aromatic N) is 2. The Bertz CT molecular complexity index is 1590. The lowest BCUT2D eigenvalue weighted by Crippen LogP contribution is -2.65. The second-order valence-corrected chi connectivity index (χ2v) is 21.7. The molecule has 5 saturated carbocycles. The van der Waals surface area contributed by atoms with E-state index in [4.69, 9.17) is 0 Å². The molecule has 0 aromatic rings. The van der Waals surface area contributed by atoms with E-state index in [0.717, 1.165) is 77.0 Å². The van der Waals surface area contributed by atoms with Gasteiger partial charge in [0.25, 0.3) is 5.91 Å². The van der Waals surface area contributed by atoms with E-state index in [0.29, 0.717) is 25.8 Å². The third-order valence-electron chi connectivity index (χ3n) is 14.0. The molecule has 54 heavy (non-hydrogen) atoms. The van der Waals surface area contributed by atoms with Crippen LogP contribution in [0.2, 0.25) is 0 Å². The second kappa shape index (κ2) is 15.0. The van der Waals surface area contributed by atoms with Gasteiger partial charge in [-0.1, -0.05) is 72.1 Å². The van der Waals surface area contributed by atoms with Crippen molar-refractivity contribution < 1.29 is 32.4 Å². The number of ketones is 1. The Morgan fingerprint density at radius 1 is 0.852 bits per heavy atom. The van der Waals surface area contributed by atoms with Crippen molar-refractivity contribution >= 4 is 39.6 Å². The number of sulfonamides is 1. The summed E-state index contributed by atoms with van der Waals surface area (Å²) in [5.74, 6) is -2.06. The van der Waals surface area contributed by atoms with Crippen LogP contribution >= 0.6 is 0 Å². The van der Waals surface area contributed by atoms with Crippen LogP contribution < -0.4 is 21.3 Å². The maximum atomic E-state index is 15.0. The summed E-state index contributed by atoms with van der Waals surface area (Å²) < 4.78 is 28.8. The number of nitrogens with one attached hydrogen (secondary N) is 4. The minimum atomic E-state index is -3.75. The molecule has 4 N–H and O–H groups in total. The lowest BCUT2D eigenvalue weighted by Gasteiger charge is -2.44. The van der Waals surface area contributed by atoms with Gasteiger partial charge >= 0.3 is 6.03 Å². The number of carbonyl (C=O) groups excluding carboxylic acids is 5. The molecule has 0 radical (unpaired) electrons. The fourth-order valence-corrected chi connectivity index (χ4v) is 11.9. The van der Waals surface area contributed by atoms with Gasteiger partial charge in [0.05, 0.1) is 17.3 Å². The first-order valence-corrected chi connectivity index (χ1v) is 22.3. The minimum Gasteiger partial charge on any atom is -0.347 e. The molecular weight excluding hydrogens is 709 g/mol. The summed E-state index contributed by atoms with van der Waals surface area (Å²) >= 11 is 0. The summed E-state index contributed by atoms with van der Waals surface area (Å²) in [5, 5.41) is 11.9. The summed E-state index contributed by atoms with van der Waals surface area (Å²) in [6.07, 6.45) is 11.8. The van der Waals surface area contributed by atoms with Gasteiger partial charge in [-0.25, -0.2) is 13.2 Å². The molecule has 5 aliphatic carbocycles. The molecule has 5 atom stereocenters. The van der Waals surface area contributed by atoms with Crippen molar-refractivity contribution in [3.63, 3.8) is 0 Å². The minimum absolute atomic E-state index is 0.0136. The van der Waals surface area contributed by atoms with Crippen LogP contribution in [0, 0.1) is 28.6 Å². The zero-order valence-corrected chi connectivity index (χ0v) is 34.5. The summed E-state index contributed by atoms with van der Waals surface area (Å²) in [7, 11) is -2.17. The van der Waals surface area contributed by atoms with Gasteiger partial charge in [0.2, 0.25) is 27.6 Å². The van der Waals surface area contributed by atoms with Crippen LogP contribution in [0.5, 0.6) is 0 Å². The molecule has 0 spiro atoms. The molecule has 304 valence electrons. The van der Waals surface area contributed by atoms with Crippen molar-refractivity contribution in [1.82, 2.24) is 30.5 Å². The standard InChI is InChI=1S/C40H66N6O7S/c1-37(2,3)45(7)54(52,53)24-40(20-12-9-13-21-40)44-36(51)43-32(39(6)18-10-8-11-19-39)35(50)46-23-27-29(38(27,4)5)30(46)33(48)42-28(22-25-14-15-25)31(47)34(49)41-26-16-17-26/h25-30,32H,8-24H2,1-7H3,(H,41,49)(H,42,48)(H2,43,44,51). The topological polar surface area (TPSA) is 174 Å². The third kappa shape index (κ3) is 8.79. The number of rotatable bonds is 14. The Kier molecular flexibility index (Phi) is 11.3. The Morgan fingerprint density at radius 3 is 2.00 bits per heavy atom. The van der Waals surface area contributed by atoms with Crippen LogP contribution in [0.15, 0.2) is 0 Å². The zero-order chi connectivity index (χ0) is 39.4. The Hall–Kier alpha value is -2.74. The van der Waals surface area contributed by atoms with Crippen LogP contribution in [0.3, 0.4) is 0 Å². The Morgan fingerprint density at radius 2 is 1.44 bits per heavy atom. The SMILES string of the molecule is CN(C(C)(C)C)S(=O)(=O)CC1(NC(=O)NC(C(=O)N2CC3C(C2C(=O)NC(CC2CC2)C(=O)C(=O)NC2CC2)C3(C)C)C2(C)CCCCC2)CCCCC1. The number of Topliss-reactive ketones (excluding diaryl/α,β-unsaturated/α-hetero) is 1. The van der Waals surface area contributed by atoms with E-state index in [1.165, 1.54) is 4.31 Å². The first kappa shape index (κ1) is 40.9. The van der Waals surface area contributed by atoms with Crippen LogP contribution in [-0.2, 0) is 29.2 Å². The van der Waals surface area contributed by atoms with Crippen LogP contribution in [0.25, 0.3) is 0 Å². The molecule has 13 nitrogen and oxygen atoms in total. The number of amides is 5. The maximum Gasteiger partial charge on any atom is 0.315 e. The number of piperidine rings is 1. The Balaban J connectivity index is 1.23. The molecule has 0 aromatic heterocycles. The van der Waals surface area contributed by atoms with Gasteiger partial charge < -0.3 is 26.2 Å². The van der Waals surface area contributed by atoms with Crippen LogP contribution in [-0.4, -0.2) is 102 Å². The van der Waals surface area contributed by atoms with Crippen LogP contribution in [0.4, 0.5) is 4.79 Å². The van der Waals surface area contributed by atoms with E-state index in [2.05, 4.69) is 35.1 Å². The highest BCUT2D eigenvalue weighted by atomic mass is 32.2. The van der Waals surface area contributed by atoms with Crippen molar-refractivity contribution in [2.24, 2.45) is 28.6 Å². The predicted molar refractivity (Wildman–Crippen MR) is 205 cm³/mol. The van der Waals surface area contributed by atoms with Crippen molar-refractivity contribution in [1.29, 1.82) is 0 Å². The Labute approximate surface area is 322 Å². The number of fused-ring (bicyclic) bond motifs is 1. The van der Waals surface area contributed by atoms with E-state index < -0.39 is 68.3 Å². The number of likely N-dealkylation sites (tertiary alicyclic amines) is 1. The van der Waals surface area contributed by atoms with Gasteiger partial charge in [-0.05, 0) is 94.3 Å². The lowest BCUT2D eigenvalue weighted by atomic mass is 9.70. The molecule has 1 heterocycles. The first-order chi connectivity index (χ1) is 25.2. The van der Waals surface area contributed by atoms with E-state index in [9.17, 15) is 32.4 Å². The monoisotopic (exact) mass is 774 g/mol. The van der Waals surface area contributed by atoms with Crippen molar-refractivity contribution in [3.05, 3.63) is 0 Å².